The molecular weight excluding hydrogens is 256 g/mol. The van der Waals surface area contributed by atoms with Crippen LogP contribution in [0.15, 0.2) is 22.9 Å². The maximum absolute atomic E-state index is 9.98. The van der Waals surface area contributed by atoms with Crippen molar-refractivity contribution < 1.29 is 9.63 Å². The molecule has 2 atom stereocenters. The number of aromatic nitrogens is 3. The average molecular weight is 274 g/mol. The van der Waals surface area contributed by atoms with E-state index in [0.717, 1.165) is 17.8 Å². The standard InChI is InChI=1S/C14H18N4O2/c1-3-13-16-14(20-17-13)12-7-11(19)8-18(12)10-4-5-15-9(2)6-10/h4-6,11-12,19H,3,7-8H2,1-2H3/t11-,12+/m0/s1. The zero-order valence-corrected chi connectivity index (χ0v) is 11.7. The van der Waals surface area contributed by atoms with Crippen molar-refractivity contribution in [3.05, 3.63) is 35.7 Å². The van der Waals surface area contributed by atoms with Gasteiger partial charge in [0.2, 0.25) is 5.89 Å². The molecule has 6 nitrogen and oxygen atoms in total. The summed E-state index contributed by atoms with van der Waals surface area (Å²) in [5.74, 6) is 1.28. The van der Waals surface area contributed by atoms with Crippen LogP contribution in [0.2, 0.25) is 0 Å². The lowest BCUT2D eigenvalue weighted by Gasteiger charge is -2.23. The van der Waals surface area contributed by atoms with Crippen molar-refractivity contribution in [1.82, 2.24) is 15.1 Å². The van der Waals surface area contributed by atoms with Gasteiger partial charge in [0.1, 0.15) is 6.04 Å². The Balaban J connectivity index is 1.92. The van der Waals surface area contributed by atoms with E-state index in [1.165, 1.54) is 0 Å². The summed E-state index contributed by atoms with van der Waals surface area (Å²) in [6, 6.07) is 3.87. The predicted molar refractivity (Wildman–Crippen MR) is 73.4 cm³/mol. The van der Waals surface area contributed by atoms with Gasteiger partial charge in [0.05, 0.1) is 6.10 Å². The van der Waals surface area contributed by atoms with E-state index in [1.807, 2.05) is 26.0 Å². The first-order valence-electron chi connectivity index (χ1n) is 6.87. The second-order valence-corrected chi connectivity index (χ2v) is 5.12. The maximum atomic E-state index is 9.98. The first-order valence-corrected chi connectivity index (χ1v) is 6.87. The van der Waals surface area contributed by atoms with E-state index >= 15 is 0 Å². The summed E-state index contributed by atoms with van der Waals surface area (Å²) in [6.07, 6.45) is 2.74. The van der Waals surface area contributed by atoms with Gasteiger partial charge in [-0.25, -0.2) is 0 Å². The molecule has 1 aliphatic rings. The van der Waals surface area contributed by atoms with Crippen LogP contribution in [0.25, 0.3) is 0 Å². The van der Waals surface area contributed by atoms with E-state index in [1.54, 1.807) is 6.20 Å². The first kappa shape index (κ1) is 13.1. The molecular formula is C14H18N4O2. The van der Waals surface area contributed by atoms with Crippen molar-refractivity contribution in [3.63, 3.8) is 0 Å². The van der Waals surface area contributed by atoms with E-state index in [9.17, 15) is 5.11 Å². The van der Waals surface area contributed by atoms with Crippen LogP contribution in [-0.4, -0.2) is 32.9 Å². The van der Waals surface area contributed by atoms with Crippen molar-refractivity contribution in [2.75, 3.05) is 11.4 Å². The topological polar surface area (TPSA) is 75.3 Å². The molecule has 6 heteroatoms. The Morgan fingerprint density at radius 1 is 1.50 bits per heavy atom. The van der Waals surface area contributed by atoms with Gasteiger partial charge >= 0.3 is 0 Å². The summed E-state index contributed by atoms with van der Waals surface area (Å²) in [5, 5.41) is 13.9. The fraction of sp³-hybridized carbons (Fsp3) is 0.500. The van der Waals surface area contributed by atoms with Crippen molar-refractivity contribution >= 4 is 5.69 Å². The van der Waals surface area contributed by atoms with Crippen LogP contribution in [0.1, 0.15) is 36.8 Å². The number of β-amino-alcohol motifs (C(OH)–C–C–N with tert-alkyl or cyclic N) is 1. The molecule has 1 fully saturated rings. The number of aryl methyl sites for hydroxylation is 2. The van der Waals surface area contributed by atoms with Crippen molar-refractivity contribution in [2.45, 2.75) is 38.8 Å². The molecule has 3 heterocycles. The van der Waals surface area contributed by atoms with Crippen LogP contribution in [0.5, 0.6) is 0 Å². The monoisotopic (exact) mass is 274 g/mol. The normalized spacial score (nSPS) is 22.4. The fourth-order valence-electron chi connectivity index (χ4n) is 2.59. The zero-order valence-electron chi connectivity index (χ0n) is 11.7. The average Bonchev–Trinajstić information content (AvgIpc) is 3.04. The lowest BCUT2D eigenvalue weighted by molar-refractivity contribution is 0.191. The third-order valence-corrected chi connectivity index (χ3v) is 3.58. The van der Waals surface area contributed by atoms with E-state index in [2.05, 4.69) is 20.0 Å². The number of aliphatic hydroxyl groups is 1. The number of aliphatic hydroxyl groups excluding tert-OH is 1. The number of nitrogens with zero attached hydrogens (tertiary/aromatic N) is 4. The molecule has 0 spiro atoms. The van der Waals surface area contributed by atoms with Gasteiger partial charge in [0, 0.05) is 37.0 Å². The van der Waals surface area contributed by atoms with Crippen molar-refractivity contribution in [2.24, 2.45) is 0 Å². The highest BCUT2D eigenvalue weighted by atomic mass is 16.5. The molecule has 3 rings (SSSR count). The molecule has 2 aromatic rings. The Bertz CT molecular complexity index is 598. The SMILES string of the molecule is CCc1noc([C@H]2C[C@H](O)CN2c2ccnc(C)c2)n1. The summed E-state index contributed by atoms with van der Waals surface area (Å²) in [7, 11) is 0. The minimum atomic E-state index is -0.384. The summed E-state index contributed by atoms with van der Waals surface area (Å²) in [5.41, 5.74) is 1.97. The van der Waals surface area contributed by atoms with Crippen LogP contribution in [0.3, 0.4) is 0 Å². The van der Waals surface area contributed by atoms with Gasteiger partial charge in [-0.2, -0.15) is 4.98 Å². The minimum absolute atomic E-state index is 0.0698. The largest absolute Gasteiger partial charge is 0.391 e. The van der Waals surface area contributed by atoms with Gasteiger partial charge < -0.3 is 14.5 Å². The van der Waals surface area contributed by atoms with Gasteiger partial charge in [0.15, 0.2) is 5.82 Å². The number of anilines is 1. The molecule has 0 aromatic carbocycles. The van der Waals surface area contributed by atoms with Crippen LogP contribution in [-0.2, 0) is 6.42 Å². The molecule has 0 amide bonds. The van der Waals surface area contributed by atoms with Crippen LogP contribution in [0, 0.1) is 6.92 Å². The fourth-order valence-corrected chi connectivity index (χ4v) is 2.59. The smallest absolute Gasteiger partial charge is 0.249 e. The molecule has 20 heavy (non-hydrogen) atoms. The van der Waals surface area contributed by atoms with Crippen LogP contribution < -0.4 is 4.90 Å². The molecule has 1 aliphatic heterocycles. The van der Waals surface area contributed by atoms with E-state index < -0.39 is 0 Å². The lowest BCUT2D eigenvalue weighted by Crippen LogP contribution is -2.24. The van der Waals surface area contributed by atoms with Gasteiger partial charge in [0.25, 0.3) is 0 Å². The molecule has 0 bridgehead atoms. The third kappa shape index (κ3) is 2.38. The van der Waals surface area contributed by atoms with Crippen molar-refractivity contribution in [3.8, 4) is 0 Å². The Kier molecular flexibility index (Phi) is 3.40. The number of pyridine rings is 1. The summed E-state index contributed by atoms with van der Waals surface area (Å²) < 4.78 is 5.34. The molecule has 2 aromatic heterocycles. The van der Waals surface area contributed by atoms with Crippen molar-refractivity contribution in [1.29, 1.82) is 0 Å². The molecule has 1 saturated heterocycles. The summed E-state index contributed by atoms with van der Waals surface area (Å²) >= 11 is 0. The first-order chi connectivity index (χ1) is 9.67. The quantitative estimate of drug-likeness (QED) is 0.917. The highest BCUT2D eigenvalue weighted by Gasteiger charge is 2.36. The number of hydrogen-bond acceptors (Lipinski definition) is 6. The van der Waals surface area contributed by atoms with Gasteiger partial charge in [-0.1, -0.05) is 12.1 Å². The molecule has 1 N–H and O–H groups in total. The number of hydrogen-bond donors (Lipinski definition) is 1. The number of rotatable bonds is 3. The van der Waals surface area contributed by atoms with E-state index in [0.29, 0.717) is 24.7 Å². The second-order valence-electron chi connectivity index (χ2n) is 5.12. The Morgan fingerprint density at radius 3 is 3.05 bits per heavy atom. The molecule has 0 radical (unpaired) electrons. The molecule has 106 valence electrons. The third-order valence-electron chi connectivity index (χ3n) is 3.58. The summed E-state index contributed by atoms with van der Waals surface area (Å²) in [6.45, 7) is 4.51. The molecule has 0 unspecified atom stereocenters. The molecule has 0 saturated carbocycles. The Hall–Kier alpha value is -1.95. The van der Waals surface area contributed by atoms with Gasteiger partial charge in [-0.15, -0.1) is 0 Å². The maximum Gasteiger partial charge on any atom is 0.249 e. The minimum Gasteiger partial charge on any atom is -0.391 e. The molecule has 0 aliphatic carbocycles. The lowest BCUT2D eigenvalue weighted by atomic mass is 10.2. The Morgan fingerprint density at radius 2 is 2.35 bits per heavy atom. The van der Waals surface area contributed by atoms with Crippen LogP contribution >= 0.6 is 0 Å². The Labute approximate surface area is 117 Å². The predicted octanol–water partition coefficient (Wildman–Crippen LogP) is 1.65. The zero-order chi connectivity index (χ0) is 14.1. The second kappa shape index (κ2) is 5.20. The van der Waals surface area contributed by atoms with Gasteiger partial charge in [-0.05, 0) is 19.1 Å². The van der Waals surface area contributed by atoms with E-state index in [-0.39, 0.29) is 12.1 Å². The van der Waals surface area contributed by atoms with Gasteiger partial charge in [-0.3, -0.25) is 4.98 Å². The highest BCUT2D eigenvalue weighted by Crippen LogP contribution is 2.35. The van der Waals surface area contributed by atoms with E-state index in [4.69, 9.17) is 4.52 Å². The highest BCUT2D eigenvalue weighted by molar-refractivity contribution is 5.49. The van der Waals surface area contributed by atoms with Crippen LogP contribution in [0.4, 0.5) is 5.69 Å². The summed E-state index contributed by atoms with van der Waals surface area (Å²) in [4.78, 5) is 10.7.